The number of aliphatic hydroxyl groups is 1. The van der Waals surface area contributed by atoms with Crippen molar-refractivity contribution in [2.24, 2.45) is 0 Å². The van der Waals surface area contributed by atoms with Crippen LogP contribution in [0.1, 0.15) is 57.3 Å². The summed E-state index contributed by atoms with van der Waals surface area (Å²) in [6, 6.07) is 0.155. The lowest BCUT2D eigenvalue weighted by Gasteiger charge is -2.24. The first-order valence-corrected chi connectivity index (χ1v) is 7.45. The zero-order chi connectivity index (χ0) is 14.5. The number of likely N-dealkylation sites (tertiary alicyclic amines) is 1. The van der Waals surface area contributed by atoms with Gasteiger partial charge >= 0.3 is 0 Å². The van der Waals surface area contributed by atoms with E-state index in [0.717, 1.165) is 25.2 Å². The Hall–Kier alpha value is -0.980. The van der Waals surface area contributed by atoms with Gasteiger partial charge in [0.1, 0.15) is 0 Å². The standard InChI is InChI=1S/C14H25N3O3/c1-4-19-9-11(18)8-17-7-5-6-12(17)13-15-14(10(2)3)20-16-13/h10-12,18H,4-9H2,1-3H3/t11-,12-/m0/s1. The third kappa shape index (κ3) is 3.77. The van der Waals surface area contributed by atoms with Crippen molar-refractivity contribution >= 4 is 0 Å². The largest absolute Gasteiger partial charge is 0.389 e. The highest BCUT2D eigenvalue weighted by Crippen LogP contribution is 2.30. The van der Waals surface area contributed by atoms with Crippen LogP contribution < -0.4 is 0 Å². The molecule has 1 aromatic rings. The molecule has 114 valence electrons. The first-order valence-electron chi connectivity index (χ1n) is 7.45. The number of aromatic nitrogens is 2. The SMILES string of the molecule is CCOC[C@@H](O)CN1CCC[C@H]1c1noc(C(C)C)n1. The molecule has 1 aliphatic rings. The van der Waals surface area contributed by atoms with Gasteiger partial charge in [-0.05, 0) is 26.3 Å². The van der Waals surface area contributed by atoms with E-state index in [0.29, 0.717) is 25.6 Å². The molecule has 2 rings (SSSR count). The number of rotatable bonds is 7. The molecule has 0 aromatic carbocycles. The maximum absolute atomic E-state index is 9.97. The number of nitrogens with zero attached hydrogens (tertiary/aromatic N) is 3. The molecule has 1 aliphatic heterocycles. The molecule has 1 fully saturated rings. The molecule has 0 aliphatic carbocycles. The van der Waals surface area contributed by atoms with E-state index in [1.807, 2.05) is 20.8 Å². The highest BCUT2D eigenvalue weighted by molar-refractivity contribution is 5.00. The zero-order valence-electron chi connectivity index (χ0n) is 12.6. The Morgan fingerprint density at radius 1 is 1.50 bits per heavy atom. The van der Waals surface area contributed by atoms with Gasteiger partial charge in [0.15, 0.2) is 5.82 Å². The van der Waals surface area contributed by atoms with Crippen molar-refractivity contribution < 1.29 is 14.4 Å². The van der Waals surface area contributed by atoms with E-state index in [2.05, 4.69) is 15.0 Å². The second-order valence-electron chi connectivity index (χ2n) is 5.61. The molecule has 0 spiro atoms. The molecular weight excluding hydrogens is 258 g/mol. The van der Waals surface area contributed by atoms with Crippen LogP contribution in [0.3, 0.4) is 0 Å². The van der Waals surface area contributed by atoms with E-state index < -0.39 is 6.10 Å². The molecule has 20 heavy (non-hydrogen) atoms. The average molecular weight is 283 g/mol. The number of hydrogen-bond acceptors (Lipinski definition) is 6. The van der Waals surface area contributed by atoms with Crippen molar-refractivity contribution in [1.29, 1.82) is 0 Å². The van der Waals surface area contributed by atoms with Crippen LogP contribution in [0.25, 0.3) is 0 Å². The molecule has 6 heteroatoms. The van der Waals surface area contributed by atoms with E-state index in [9.17, 15) is 5.11 Å². The summed E-state index contributed by atoms with van der Waals surface area (Å²) < 4.78 is 10.5. The van der Waals surface area contributed by atoms with E-state index >= 15 is 0 Å². The smallest absolute Gasteiger partial charge is 0.229 e. The van der Waals surface area contributed by atoms with Crippen molar-refractivity contribution in [3.63, 3.8) is 0 Å². The van der Waals surface area contributed by atoms with Gasteiger partial charge < -0.3 is 14.4 Å². The van der Waals surface area contributed by atoms with E-state index in [4.69, 9.17) is 9.26 Å². The van der Waals surface area contributed by atoms with Crippen molar-refractivity contribution in [3.8, 4) is 0 Å². The molecule has 0 radical (unpaired) electrons. The molecule has 0 amide bonds. The van der Waals surface area contributed by atoms with Crippen LogP contribution in [0.5, 0.6) is 0 Å². The molecule has 0 unspecified atom stereocenters. The van der Waals surface area contributed by atoms with E-state index in [1.165, 1.54) is 0 Å². The van der Waals surface area contributed by atoms with Crippen LogP contribution in [0, 0.1) is 0 Å². The van der Waals surface area contributed by atoms with Crippen LogP contribution in [0.2, 0.25) is 0 Å². The summed E-state index contributed by atoms with van der Waals surface area (Å²) in [7, 11) is 0. The third-order valence-corrected chi connectivity index (χ3v) is 3.57. The van der Waals surface area contributed by atoms with E-state index in [1.54, 1.807) is 0 Å². The molecule has 0 saturated carbocycles. The molecule has 1 N–H and O–H groups in total. The number of β-amino-alcohol motifs (C(OH)–C–C–N with tert-alkyl or cyclic N) is 1. The Balaban J connectivity index is 1.95. The van der Waals surface area contributed by atoms with Crippen molar-refractivity contribution in [1.82, 2.24) is 15.0 Å². The maximum atomic E-state index is 9.97. The van der Waals surface area contributed by atoms with Gasteiger partial charge in [-0.2, -0.15) is 4.98 Å². The Kier molecular flexibility index (Phi) is 5.51. The van der Waals surface area contributed by atoms with Gasteiger partial charge in [-0.25, -0.2) is 0 Å². The van der Waals surface area contributed by atoms with Crippen LogP contribution in [0.15, 0.2) is 4.52 Å². The van der Waals surface area contributed by atoms with Gasteiger partial charge in [-0.1, -0.05) is 19.0 Å². The normalized spacial score (nSPS) is 21.8. The van der Waals surface area contributed by atoms with Gasteiger partial charge in [0.2, 0.25) is 5.89 Å². The molecule has 0 bridgehead atoms. The molecule has 1 aromatic heterocycles. The fraction of sp³-hybridized carbons (Fsp3) is 0.857. The Morgan fingerprint density at radius 2 is 2.30 bits per heavy atom. The lowest BCUT2D eigenvalue weighted by atomic mass is 10.2. The summed E-state index contributed by atoms with van der Waals surface area (Å²) >= 11 is 0. The number of hydrogen-bond donors (Lipinski definition) is 1. The Morgan fingerprint density at radius 3 is 2.95 bits per heavy atom. The highest BCUT2D eigenvalue weighted by Gasteiger charge is 2.31. The predicted molar refractivity (Wildman–Crippen MR) is 74.4 cm³/mol. The second-order valence-corrected chi connectivity index (χ2v) is 5.61. The maximum Gasteiger partial charge on any atom is 0.229 e. The molecular formula is C14H25N3O3. The van der Waals surface area contributed by atoms with Gasteiger partial charge in [-0.3, -0.25) is 4.90 Å². The minimum Gasteiger partial charge on any atom is -0.389 e. The third-order valence-electron chi connectivity index (χ3n) is 3.57. The Labute approximate surface area is 120 Å². The van der Waals surface area contributed by atoms with Gasteiger partial charge in [0.05, 0.1) is 18.8 Å². The average Bonchev–Trinajstić information content (AvgIpc) is 3.04. The number of ether oxygens (including phenoxy) is 1. The van der Waals surface area contributed by atoms with Gasteiger partial charge in [0, 0.05) is 19.1 Å². The summed E-state index contributed by atoms with van der Waals surface area (Å²) in [5.74, 6) is 1.67. The quantitative estimate of drug-likeness (QED) is 0.821. The monoisotopic (exact) mass is 283 g/mol. The predicted octanol–water partition coefficient (Wildman–Crippen LogP) is 1.73. The number of aliphatic hydroxyl groups excluding tert-OH is 1. The molecule has 6 nitrogen and oxygen atoms in total. The topological polar surface area (TPSA) is 71.6 Å². The van der Waals surface area contributed by atoms with E-state index in [-0.39, 0.29) is 12.0 Å². The van der Waals surface area contributed by atoms with Gasteiger partial charge in [0.25, 0.3) is 0 Å². The minimum absolute atomic E-state index is 0.155. The second kappa shape index (κ2) is 7.15. The van der Waals surface area contributed by atoms with Crippen LogP contribution in [-0.2, 0) is 4.74 Å². The zero-order valence-corrected chi connectivity index (χ0v) is 12.6. The molecule has 1 saturated heterocycles. The fourth-order valence-corrected chi connectivity index (χ4v) is 2.53. The van der Waals surface area contributed by atoms with Crippen LogP contribution in [-0.4, -0.2) is 52.6 Å². The van der Waals surface area contributed by atoms with Crippen molar-refractivity contribution in [3.05, 3.63) is 11.7 Å². The fourth-order valence-electron chi connectivity index (χ4n) is 2.53. The highest BCUT2D eigenvalue weighted by atomic mass is 16.5. The van der Waals surface area contributed by atoms with Crippen LogP contribution >= 0.6 is 0 Å². The van der Waals surface area contributed by atoms with Crippen LogP contribution in [0.4, 0.5) is 0 Å². The minimum atomic E-state index is -0.466. The lowest BCUT2D eigenvalue weighted by molar-refractivity contribution is 0.0179. The van der Waals surface area contributed by atoms with Crippen molar-refractivity contribution in [2.45, 2.75) is 51.7 Å². The summed E-state index contributed by atoms with van der Waals surface area (Å²) in [6.07, 6.45) is 1.64. The van der Waals surface area contributed by atoms with Gasteiger partial charge in [-0.15, -0.1) is 0 Å². The lowest BCUT2D eigenvalue weighted by Crippen LogP contribution is -2.35. The summed E-state index contributed by atoms with van der Waals surface area (Å²) in [5.41, 5.74) is 0. The summed E-state index contributed by atoms with van der Waals surface area (Å²) in [4.78, 5) is 6.70. The summed E-state index contributed by atoms with van der Waals surface area (Å²) in [6.45, 7) is 8.56. The first kappa shape index (κ1) is 15.4. The van der Waals surface area contributed by atoms with Crippen molar-refractivity contribution in [2.75, 3.05) is 26.3 Å². The first-order chi connectivity index (χ1) is 9.61. The Bertz CT molecular complexity index is 408. The summed E-state index contributed by atoms with van der Waals surface area (Å²) in [5, 5.41) is 14.1. The molecule has 2 heterocycles. The molecule has 2 atom stereocenters.